The topological polar surface area (TPSA) is 78.7 Å². The number of carboxylic acids is 1. The fourth-order valence-electron chi connectivity index (χ4n) is 4.92. The maximum absolute atomic E-state index is 12.9. The first kappa shape index (κ1) is 20.7. The molecule has 32 heavy (non-hydrogen) atoms. The van der Waals surface area contributed by atoms with Crippen molar-refractivity contribution in [3.05, 3.63) is 53.6 Å². The van der Waals surface area contributed by atoms with E-state index in [4.69, 9.17) is 4.98 Å². The minimum Gasteiger partial charge on any atom is -0.478 e. The molecule has 166 valence electrons. The number of imidazole rings is 1. The Morgan fingerprint density at radius 1 is 0.938 bits per heavy atom. The van der Waals surface area contributed by atoms with Crippen molar-refractivity contribution in [1.82, 2.24) is 19.4 Å². The summed E-state index contributed by atoms with van der Waals surface area (Å²) in [5, 5.41) is 9.38. The third-order valence-corrected chi connectivity index (χ3v) is 6.81. The van der Waals surface area contributed by atoms with Crippen molar-refractivity contribution in [3.8, 4) is 11.4 Å². The number of carbonyl (C=O) groups is 2. The molecule has 2 fully saturated rings. The molecule has 1 amide bonds. The average Bonchev–Trinajstić information content (AvgIpc) is 3.46. The second kappa shape index (κ2) is 8.39. The number of amides is 1. The summed E-state index contributed by atoms with van der Waals surface area (Å²) in [4.78, 5) is 33.3. The molecule has 1 aliphatic heterocycles. The van der Waals surface area contributed by atoms with Crippen molar-refractivity contribution >= 4 is 22.9 Å². The molecule has 1 aromatic heterocycles. The highest BCUT2D eigenvalue weighted by atomic mass is 16.4. The van der Waals surface area contributed by atoms with Crippen molar-refractivity contribution in [1.29, 1.82) is 0 Å². The van der Waals surface area contributed by atoms with E-state index in [9.17, 15) is 14.7 Å². The van der Waals surface area contributed by atoms with Gasteiger partial charge in [-0.05, 0) is 50.2 Å². The molecule has 7 heteroatoms. The van der Waals surface area contributed by atoms with Gasteiger partial charge < -0.3 is 19.5 Å². The van der Waals surface area contributed by atoms with Crippen LogP contribution in [0.1, 0.15) is 52.4 Å². The predicted molar refractivity (Wildman–Crippen MR) is 123 cm³/mol. The van der Waals surface area contributed by atoms with E-state index in [1.807, 2.05) is 35.2 Å². The van der Waals surface area contributed by atoms with Crippen LogP contribution in [0.3, 0.4) is 0 Å². The second-order valence-corrected chi connectivity index (χ2v) is 8.93. The lowest BCUT2D eigenvalue weighted by Crippen LogP contribution is -2.47. The lowest BCUT2D eigenvalue weighted by molar-refractivity contribution is 0.0662. The van der Waals surface area contributed by atoms with Crippen molar-refractivity contribution in [2.75, 3.05) is 33.2 Å². The molecule has 1 saturated carbocycles. The lowest BCUT2D eigenvalue weighted by atomic mass is 10.1. The molecule has 0 atom stereocenters. The maximum Gasteiger partial charge on any atom is 0.335 e. The number of hydrogen-bond acceptors (Lipinski definition) is 4. The maximum atomic E-state index is 12.9. The largest absolute Gasteiger partial charge is 0.478 e. The van der Waals surface area contributed by atoms with Gasteiger partial charge in [0.15, 0.2) is 0 Å². The summed E-state index contributed by atoms with van der Waals surface area (Å²) in [6.07, 6.45) is 4.57. The van der Waals surface area contributed by atoms with Crippen LogP contribution in [0.4, 0.5) is 0 Å². The van der Waals surface area contributed by atoms with Crippen molar-refractivity contribution in [2.24, 2.45) is 0 Å². The van der Waals surface area contributed by atoms with Crippen LogP contribution < -0.4 is 0 Å². The van der Waals surface area contributed by atoms with Crippen LogP contribution in [0.5, 0.6) is 0 Å². The molecule has 1 aliphatic carbocycles. The minimum absolute atomic E-state index is 0.0695. The molecule has 2 aromatic carbocycles. The molecular weight excluding hydrogens is 404 g/mol. The summed E-state index contributed by atoms with van der Waals surface area (Å²) in [6.45, 7) is 3.29. The predicted octanol–water partition coefficient (Wildman–Crippen LogP) is 3.90. The van der Waals surface area contributed by atoms with Crippen LogP contribution in [0.2, 0.25) is 0 Å². The van der Waals surface area contributed by atoms with Gasteiger partial charge in [-0.15, -0.1) is 0 Å². The zero-order valence-electron chi connectivity index (χ0n) is 18.3. The van der Waals surface area contributed by atoms with Gasteiger partial charge in [0, 0.05) is 43.3 Å². The van der Waals surface area contributed by atoms with Gasteiger partial charge in [-0.25, -0.2) is 9.78 Å². The molecule has 0 bridgehead atoms. The fourth-order valence-corrected chi connectivity index (χ4v) is 4.92. The molecule has 0 spiro atoms. The van der Waals surface area contributed by atoms with Gasteiger partial charge in [0.2, 0.25) is 0 Å². The zero-order chi connectivity index (χ0) is 22.2. The summed E-state index contributed by atoms with van der Waals surface area (Å²) in [7, 11) is 2.08. The van der Waals surface area contributed by atoms with E-state index in [-0.39, 0.29) is 11.5 Å². The Bertz CT molecular complexity index is 1150. The number of hydrogen-bond donors (Lipinski definition) is 1. The molecule has 0 radical (unpaired) electrons. The third kappa shape index (κ3) is 3.77. The van der Waals surface area contributed by atoms with Gasteiger partial charge in [0.25, 0.3) is 5.91 Å². The molecule has 0 unspecified atom stereocenters. The Kier molecular flexibility index (Phi) is 5.43. The number of nitrogens with zero attached hydrogens (tertiary/aromatic N) is 4. The summed E-state index contributed by atoms with van der Waals surface area (Å²) < 4.78 is 2.27. The normalized spacial score (nSPS) is 17.8. The molecule has 7 nitrogen and oxygen atoms in total. The number of rotatable bonds is 4. The van der Waals surface area contributed by atoms with Crippen molar-refractivity contribution in [2.45, 2.75) is 31.7 Å². The number of aromatic carboxylic acids is 1. The van der Waals surface area contributed by atoms with Crippen LogP contribution >= 0.6 is 0 Å². The van der Waals surface area contributed by atoms with E-state index in [1.54, 1.807) is 12.1 Å². The number of piperazine rings is 1. The van der Waals surface area contributed by atoms with Crippen LogP contribution in [0.25, 0.3) is 22.4 Å². The Balaban J connectivity index is 1.50. The molecule has 2 aliphatic rings. The van der Waals surface area contributed by atoms with Gasteiger partial charge in [0.05, 0.1) is 16.6 Å². The smallest absolute Gasteiger partial charge is 0.335 e. The highest BCUT2D eigenvalue weighted by Gasteiger charge is 2.25. The average molecular weight is 433 g/mol. The number of likely N-dealkylation sites (N-methyl/N-ethyl adjacent to an activating group) is 1. The van der Waals surface area contributed by atoms with E-state index in [1.165, 1.54) is 12.8 Å². The number of carbonyl (C=O) groups excluding carboxylic acids is 1. The first-order chi connectivity index (χ1) is 15.5. The first-order valence-corrected chi connectivity index (χ1v) is 11.3. The second-order valence-electron chi connectivity index (χ2n) is 8.93. The summed E-state index contributed by atoms with van der Waals surface area (Å²) >= 11 is 0. The highest BCUT2D eigenvalue weighted by Crippen LogP contribution is 2.37. The molecule has 2 heterocycles. The van der Waals surface area contributed by atoms with E-state index in [2.05, 4.69) is 16.5 Å². The highest BCUT2D eigenvalue weighted by molar-refractivity contribution is 5.95. The van der Waals surface area contributed by atoms with Gasteiger partial charge in [-0.2, -0.15) is 0 Å². The molecule has 1 N–H and O–H groups in total. The van der Waals surface area contributed by atoms with Crippen molar-refractivity contribution < 1.29 is 14.7 Å². The lowest BCUT2D eigenvalue weighted by Gasteiger charge is -2.32. The van der Waals surface area contributed by atoms with E-state index in [0.717, 1.165) is 55.9 Å². The fraction of sp³-hybridized carbons (Fsp3) is 0.400. The van der Waals surface area contributed by atoms with Gasteiger partial charge in [0.1, 0.15) is 5.82 Å². The summed E-state index contributed by atoms with van der Waals surface area (Å²) in [6, 6.07) is 13.2. The van der Waals surface area contributed by atoms with Crippen LogP contribution in [0.15, 0.2) is 42.5 Å². The van der Waals surface area contributed by atoms with Gasteiger partial charge in [-0.3, -0.25) is 4.79 Å². The van der Waals surface area contributed by atoms with E-state index < -0.39 is 5.97 Å². The minimum atomic E-state index is -0.948. The number of fused-ring (bicyclic) bond motifs is 1. The van der Waals surface area contributed by atoms with Crippen LogP contribution in [-0.4, -0.2) is 69.6 Å². The summed E-state index contributed by atoms with van der Waals surface area (Å²) in [5.74, 6) is -0.0382. The van der Waals surface area contributed by atoms with Crippen LogP contribution in [0, 0.1) is 0 Å². The Morgan fingerprint density at radius 3 is 2.25 bits per heavy atom. The first-order valence-electron chi connectivity index (χ1n) is 11.3. The quantitative estimate of drug-likeness (QED) is 0.676. The number of carboxylic acid groups (broad SMARTS) is 1. The van der Waals surface area contributed by atoms with Crippen LogP contribution in [-0.2, 0) is 0 Å². The SMILES string of the molecule is CN1CCN(C(=O)c2ccc(-c3nc4cc(C(=O)O)ccc4n3C3CCCC3)cc2)CC1. The van der Waals surface area contributed by atoms with Gasteiger partial charge >= 0.3 is 5.97 Å². The molecular formula is C25H28N4O3. The molecule has 1 saturated heterocycles. The Labute approximate surface area is 187 Å². The van der Waals surface area contributed by atoms with E-state index >= 15 is 0 Å². The number of benzene rings is 2. The zero-order valence-corrected chi connectivity index (χ0v) is 18.3. The third-order valence-electron chi connectivity index (χ3n) is 6.81. The Hall–Kier alpha value is -3.19. The molecule has 3 aromatic rings. The number of aromatic nitrogens is 2. The van der Waals surface area contributed by atoms with E-state index in [0.29, 0.717) is 17.1 Å². The standard InChI is InChI=1S/C25H28N4O3/c1-27-12-14-28(15-13-27)24(30)18-8-6-17(7-9-18)23-26-21-16-19(25(31)32)10-11-22(21)29(23)20-4-2-3-5-20/h6-11,16,20H,2-5,12-15H2,1H3,(H,31,32). The van der Waals surface area contributed by atoms with Gasteiger partial charge in [-0.1, -0.05) is 25.0 Å². The van der Waals surface area contributed by atoms with Crippen molar-refractivity contribution in [3.63, 3.8) is 0 Å². The molecule has 5 rings (SSSR count). The monoisotopic (exact) mass is 432 g/mol. The Morgan fingerprint density at radius 2 is 1.59 bits per heavy atom. The summed E-state index contributed by atoms with van der Waals surface area (Å²) in [5.41, 5.74) is 3.54.